The number of halogens is 1. The summed E-state index contributed by atoms with van der Waals surface area (Å²) in [4.78, 5) is 17.4. The highest BCUT2D eigenvalue weighted by molar-refractivity contribution is 6.04. The van der Waals surface area contributed by atoms with Crippen molar-refractivity contribution in [1.82, 2.24) is 4.90 Å². The molecule has 0 aliphatic carbocycles. The van der Waals surface area contributed by atoms with Gasteiger partial charge in [0.1, 0.15) is 5.82 Å². The van der Waals surface area contributed by atoms with Gasteiger partial charge in [-0.3, -0.25) is 9.69 Å². The van der Waals surface area contributed by atoms with E-state index >= 15 is 0 Å². The zero-order chi connectivity index (χ0) is 20.2. The Morgan fingerprint density at radius 2 is 1.86 bits per heavy atom. The summed E-state index contributed by atoms with van der Waals surface area (Å²) in [6.45, 7) is 4.47. The van der Waals surface area contributed by atoms with Crippen LogP contribution in [0.4, 0.5) is 10.1 Å². The van der Waals surface area contributed by atoms with E-state index in [0.717, 1.165) is 49.3 Å². The maximum absolute atomic E-state index is 13.5. The predicted molar refractivity (Wildman–Crippen MR) is 111 cm³/mol. The minimum Gasteiger partial charge on any atom is -0.459 e. The number of aryl methyl sites for hydroxylation is 1. The molecule has 1 aliphatic heterocycles. The molecule has 1 aliphatic rings. The van der Waals surface area contributed by atoms with Crippen molar-refractivity contribution in [3.05, 3.63) is 89.6 Å². The van der Waals surface area contributed by atoms with Crippen LogP contribution in [0.15, 0.2) is 71.3 Å². The van der Waals surface area contributed by atoms with Gasteiger partial charge in [0, 0.05) is 31.4 Å². The first-order valence-electron chi connectivity index (χ1n) is 10.0. The summed E-state index contributed by atoms with van der Waals surface area (Å²) in [7, 11) is 0. The second-order valence-electron chi connectivity index (χ2n) is 7.63. The highest BCUT2D eigenvalue weighted by Gasteiger charge is 2.31. The zero-order valence-corrected chi connectivity index (χ0v) is 16.6. The van der Waals surface area contributed by atoms with Gasteiger partial charge in [0.15, 0.2) is 5.76 Å². The third-order valence-electron chi connectivity index (χ3n) is 5.48. The fraction of sp³-hybridized carbons (Fsp3) is 0.292. The summed E-state index contributed by atoms with van der Waals surface area (Å²) in [5.74, 6) is 0.0437. The van der Waals surface area contributed by atoms with Crippen molar-refractivity contribution in [2.24, 2.45) is 0 Å². The molecule has 0 radical (unpaired) electrons. The average Bonchev–Trinajstić information content (AvgIpc) is 3.26. The van der Waals surface area contributed by atoms with Crippen LogP contribution in [0, 0.1) is 12.7 Å². The van der Waals surface area contributed by atoms with E-state index in [4.69, 9.17) is 4.42 Å². The molecule has 150 valence electrons. The third kappa shape index (κ3) is 4.57. The van der Waals surface area contributed by atoms with Crippen LogP contribution in [0.2, 0.25) is 0 Å². The van der Waals surface area contributed by atoms with E-state index in [0.29, 0.717) is 5.76 Å². The number of anilines is 1. The molecule has 1 fully saturated rings. The number of hydrogen-bond donors (Lipinski definition) is 0. The lowest BCUT2D eigenvalue weighted by molar-refractivity contribution is 0.0931. The van der Waals surface area contributed by atoms with Crippen molar-refractivity contribution in [2.45, 2.75) is 32.4 Å². The van der Waals surface area contributed by atoms with Gasteiger partial charge < -0.3 is 9.32 Å². The first kappa shape index (κ1) is 19.4. The Bertz CT molecular complexity index is 945. The van der Waals surface area contributed by atoms with Crippen molar-refractivity contribution in [1.29, 1.82) is 0 Å². The molecular formula is C24H25FN2O2. The molecule has 2 aromatic carbocycles. The molecule has 0 saturated carbocycles. The van der Waals surface area contributed by atoms with Crippen LogP contribution in [0.5, 0.6) is 0 Å². The molecule has 5 heteroatoms. The van der Waals surface area contributed by atoms with Gasteiger partial charge in [0.25, 0.3) is 5.91 Å². The van der Waals surface area contributed by atoms with Crippen molar-refractivity contribution in [3.8, 4) is 0 Å². The Balaban J connectivity index is 1.49. The highest BCUT2D eigenvalue weighted by atomic mass is 19.1. The van der Waals surface area contributed by atoms with Gasteiger partial charge in [-0.1, -0.05) is 29.8 Å². The fourth-order valence-corrected chi connectivity index (χ4v) is 3.95. The molecule has 29 heavy (non-hydrogen) atoms. The summed E-state index contributed by atoms with van der Waals surface area (Å²) in [5, 5.41) is 0. The number of carbonyl (C=O) groups excluding carboxylic acids is 1. The van der Waals surface area contributed by atoms with Crippen LogP contribution in [-0.4, -0.2) is 29.9 Å². The average molecular weight is 392 g/mol. The molecular weight excluding hydrogens is 367 g/mol. The van der Waals surface area contributed by atoms with Gasteiger partial charge in [0.2, 0.25) is 0 Å². The first-order chi connectivity index (χ1) is 14.1. The number of carbonyl (C=O) groups is 1. The Morgan fingerprint density at radius 3 is 2.52 bits per heavy atom. The van der Waals surface area contributed by atoms with Crippen LogP contribution in [0.25, 0.3) is 0 Å². The molecule has 1 amide bonds. The van der Waals surface area contributed by atoms with Gasteiger partial charge in [-0.15, -0.1) is 0 Å². The van der Waals surface area contributed by atoms with Crippen LogP contribution in [-0.2, 0) is 6.54 Å². The number of hydrogen-bond acceptors (Lipinski definition) is 3. The Hall–Kier alpha value is -2.92. The van der Waals surface area contributed by atoms with E-state index in [1.54, 1.807) is 24.3 Å². The van der Waals surface area contributed by atoms with Crippen molar-refractivity contribution < 1.29 is 13.6 Å². The molecule has 0 bridgehead atoms. The summed E-state index contributed by atoms with van der Waals surface area (Å²) in [6, 6.07) is 18.3. The van der Waals surface area contributed by atoms with Crippen molar-refractivity contribution in [2.75, 3.05) is 18.0 Å². The van der Waals surface area contributed by atoms with Crippen LogP contribution in [0.3, 0.4) is 0 Å². The fourth-order valence-electron chi connectivity index (χ4n) is 3.95. The standard InChI is InChI=1S/C24H25FN2O2/c1-18-7-9-21(10-8-18)27(24(28)23-6-3-15-29-23)22-11-13-26(14-12-22)17-19-4-2-5-20(25)16-19/h2-10,15-16,22H,11-14,17H2,1H3. The molecule has 0 spiro atoms. The van der Waals surface area contributed by atoms with E-state index in [1.165, 1.54) is 12.3 Å². The molecule has 0 N–H and O–H groups in total. The topological polar surface area (TPSA) is 36.7 Å². The SMILES string of the molecule is Cc1ccc(N(C(=O)c2ccco2)C2CCN(Cc3cccc(F)c3)CC2)cc1. The Kier molecular flexibility index (Phi) is 5.76. The maximum atomic E-state index is 13.5. The summed E-state index contributed by atoms with van der Waals surface area (Å²) < 4.78 is 18.8. The number of amides is 1. The van der Waals surface area contributed by atoms with Crippen LogP contribution < -0.4 is 4.90 Å². The minimum atomic E-state index is -0.202. The monoisotopic (exact) mass is 392 g/mol. The van der Waals surface area contributed by atoms with Gasteiger partial charge in [-0.2, -0.15) is 0 Å². The summed E-state index contributed by atoms with van der Waals surface area (Å²) >= 11 is 0. The number of nitrogens with zero attached hydrogens (tertiary/aromatic N) is 2. The summed E-state index contributed by atoms with van der Waals surface area (Å²) in [5.41, 5.74) is 3.02. The zero-order valence-electron chi connectivity index (χ0n) is 16.6. The second-order valence-corrected chi connectivity index (χ2v) is 7.63. The Labute approximate surface area is 170 Å². The quantitative estimate of drug-likeness (QED) is 0.610. The molecule has 1 saturated heterocycles. The maximum Gasteiger partial charge on any atom is 0.294 e. The molecule has 3 aromatic rings. The molecule has 2 heterocycles. The van der Waals surface area contributed by atoms with Crippen LogP contribution >= 0.6 is 0 Å². The number of likely N-dealkylation sites (tertiary alicyclic amines) is 1. The van der Waals surface area contributed by atoms with Crippen molar-refractivity contribution in [3.63, 3.8) is 0 Å². The predicted octanol–water partition coefficient (Wildman–Crippen LogP) is 5.04. The molecule has 4 nitrogen and oxygen atoms in total. The largest absolute Gasteiger partial charge is 0.459 e. The smallest absolute Gasteiger partial charge is 0.294 e. The minimum absolute atomic E-state index is 0.0964. The van der Waals surface area contributed by atoms with Gasteiger partial charge in [-0.25, -0.2) is 4.39 Å². The van der Waals surface area contributed by atoms with E-state index in [2.05, 4.69) is 4.90 Å². The molecule has 1 aromatic heterocycles. The second kappa shape index (κ2) is 8.62. The molecule has 0 unspecified atom stereocenters. The lowest BCUT2D eigenvalue weighted by atomic mass is 10.0. The molecule has 0 atom stereocenters. The first-order valence-corrected chi connectivity index (χ1v) is 10.0. The van der Waals surface area contributed by atoms with E-state index in [1.807, 2.05) is 42.2 Å². The lowest BCUT2D eigenvalue weighted by Gasteiger charge is -2.38. The number of piperidine rings is 1. The summed E-state index contributed by atoms with van der Waals surface area (Å²) in [6.07, 6.45) is 3.24. The van der Waals surface area contributed by atoms with Gasteiger partial charge >= 0.3 is 0 Å². The van der Waals surface area contributed by atoms with Crippen molar-refractivity contribution >= 4 is 11.6 Å². The van der Waals surface area contributed by atoms with E-state index in [-0.39, 0.29) is 17.8 Å². The number of furan rings is 1. The highest BCUT2D eigenvalue weighted by Crippen LogP contribution is 2.27. The molecule has 4 rings (SSSR count). The third-order valence-corrected chi connectivity index (χ3v) is 5.48. The number of rotatable bonds is 5. The van der Waals surface area contributed by atoms with Gasteiger partial charge in [-0.05, 0) is 61.7 Å². The van der Waals surface area contributed by atoms with Crippen LogP contribution in [0.1, 0.15) is 34.5 Å². The van der Waals surface area contributed by atoms with E-state index < -0.39 is 0 Å². The lowest BCUT2D eigenvalue weighted by Crippen LogP contribution is -2.47. The number of benzene rings is 2. The van der Waals surface area contributed by atoms with Gasteiger partial charge in [0.05, 0.1) is 6.26 Å². The normalized spacial score (nSPS) is 15.4. The van der Waals surface area contributed by atoms with E-state index in [9.17, 15) is 9.18 Å². The Morgan fingerprint density at radius 1 is 1.10 bits per heavy atom.